The molecular weight excluding hydrogens is 316 g/mol. The van der Waals surface area contributed by atoms with Crippen molar-refractivity contribution in [2.75, 3.05) is 18.9 Å². The second-order valence-electron chi connectivity index (χ2n) is 7.06. The third kappa shape index (κ3) is 4.06. The monoisotopic (exact) mass is 344 g/mol. The van der Waals surface area contributed by atoms with Crippen LogP contribution in [0.15, 0.2) is 0 Å². The average molecular weight is 344 g/mol. The molecule has 1 aliphatic carbocycles. The summed E-state index contributed by atoms with van der Waals surface area (Å²) in [5.41, 5.74) is 0. The lowest BCUT2D eigenvalue weighted by atomic mass is 9.99. The number of nitrogens with one attached hydrogen (secondary N) is 1. The van der Waals surface area contributed by atoms with Crippen LogP contribution >= 0.6 is 0 Å². The summed E-state index contributed by atoms with van der Waals surface area (Å²) >= 11 is 0. The first-order valence-corrected chi connectivity index (χ1v) is 10.5. The van der Waals surface area contributed by atoms with Crippen LogP contribution in [0.5, 0.6) is 0 Å². The summed E-state index contributed by atoms with van der Waals surface area (Å²) in [6.07, 6.45) is 6.40. The summed E-state index contributed by atoms with van der Waals surface area (Å²) in [4.78, 5) is 12.6. The minimum atomic E-state index is -3.31. The van der Waals surface area contributed by atoms with E-state index in [0.29, 0.717) is 31.9 Å². The number of hydrogen-bond acceptors (Lipinski definition) is 4. The average Bonchev–Trinajstić information content (AvgIpc) is 3.23. The molecule has 3 fully saturated rings. The van der Waals surface area contributed by atoms with E-state index in [0.717, 1.165) is 19.3 Å². The van der Waals surface area contributed by atoms with Crippen molar-refractivity contribution in [3.8, 4) is 0 Å². The van der Waals surface area contributed by atoms with Gasteiger partial charge in [-0.15, -0.1) is 0 Å². The highest BCUT2D eigenvalue weighted by atomic mass is 32.2. The van der Waals surface area contributed by atoms with Crippen LogP contribution in [0, 0.1) is 5.92 Å². The molecule has 6 nitrogen and oxygen atoms in total. The predicted molar refractivity (Wildman–Crippen MR) is 87.4 cm³/mol. The van der Waals surface area contributed by atoms with Crippen LogP contribution in [0.3, 0.4) is 0 Å². The summed E-state index contributed by atoms with van der Waals surface area (Å²) in [6.45, 7) is 3.01. The van der Waals surface area contributed by atoms with Crippen molar-refractivity contribution in [2.45, 2.75) is 70.1 Å². The van der Waals surface area contributed by atoms with Crippen LogP contribution in [-0.4, -0.2) is 55.7 Å². The third-order valence-electron chi connectivity index (χ3n) is 5.13. The molecule has 7 heteroatoms. The number of carbonyl (C=O) groups excluding carboxylic acids is 1. The molecule has 3 aliphatic rings. The van der Waals surface area contributed by atoms with Gasteiger partial charge >= 0.3 is 0 Å². The first kappa shape index (κ1) is 17.2. The predicted octanol–water partition coefficient (Wildman–Crippen LogP) is 1.26. The maximum Gasteiger partial charge on any atom is 0.238 e. The van der Waals surface area contributed by atoms with Gasteiger partial charge in [-0.2, -0.15) is 4.31 Å². The first-order valence-electron chi connectivity index (χ1n) is 8.92. The Hall–Kier alpha value is -0.660. The molecule has 3 rings (SSSR count). The summed E-state index contributed by atoms with van der Waals surface area (Å²) in [7, 11) is -3.31. The number of sulfonamides is 1. The van der Waals surface area contributed by atoms with E-state index < -0.39 is 16.1 Å². The lowest BCUT2D eigenvalue weighted by Crippen LogP contribution is -2.51. The Morgan fingerprint density at radius 1 is 1.26 bits per heavy atom. The number of rotatable bonds is 6. The zero-order chi connectivity index (χ0) is 16.4. The minimum Gasteiger partial charge on any atom is -0.378 e. The molecule has 23 heavy (non-hydrogen) atoms. The van der Waals surface area contributed by atoms with Crippen molar-refractivity contribution in [3.63, 3.8) is 0 Å². The zero-order valence-corrected chi connectivity index (χ0v) is 14.7. The van der Waals surface area contributed by atoms with Crippen molar-refractivity contribution in [1.82, 2.24) is 9.62 Å². The van der Waals surface area contributed by atoms with Crippen LogP contribution in [0.1, 0.15) is 51.9 Å². The molecule has 0 aromatic carbocycles. The second-order valence-corrected chi connectivity index (χ2v) is 9.10. The smallest absolute Gasteiger partial charge is 0.238 e. The van der Waals surface area contributed by atoms with Crippen molar-refractivity contribution in [2.24, 2.45) is 5.92 Å². The SMILES string of the molecule is CCCS(=O)(=O)N1CCCC1C(=O)NC1CCOC(C2CC2)C1. The van der Waals surface area contributed by atoms with E-state index in [4.69, 9.17) is 4.74 Å². The Bertz CT molecular complexity index is 532. The summed E-state index contributed by atoms with van der Waals surface area (Å²) in [5, 5.41) is 3.09. The van der Waals surface area contributed by atoms with Crippen LogP contribution < -0.4 is 5.32 Å². The van der Waals surface area contributed by atoms with Gasteiger partial charge in [0.2, 0.25) is 15.9 Å². The lowest BCUT2D eigenvalue weighted by molar-refractivity contribution is -0.126. The molecule has 1 N–H and O–H groups in total. The molecule has 2 saturated heterocycles. The summed E-state index contributed by atoms with van der Waals surface area (Å²) in [5.74, 6) is 0.670. The fourth-order valence-electron chi connectivity index (χ4n) is 3.76. The zero-order valence-electron chi connectivity index (χ0n) is 13.9. The molecular formula is C16H28N2O4S. The van der Waals surface area contributed by atoms with Crippen molar-refractivity contribution in [3.05, 3.63) is 0 Å². The highest BCUT2D eigenvalue weighted by molar-refractivity contribution is 7.89. The highest BCUT2D eigenvalue weighted by Gasteiger charge is 2.40. The molecule has 3 unspecified atom stereocenters. The van der Waals surface area contributed by atoms with E-state index >= 15 is 0 Å². The standard InChI is InChI=1S/C16H28N2O4S/c1-2-10-23(20,21)18-8-3-4-14(18)16(19)17-13-7-9-22-15(11-13)12-5-6-12/h12-15H,2-11H2,1H3,(H,17,19). The Balaban J connectivity index is 1.58. The maximum atomic E-state index is 12.6. The largest absolute Gasteiger partial charge is 0.378 e. The minimum absolute atomic E-state index is 0.122. The topological polar surface area (TPSA) is 75.7 Å². The number of hydrogen-bond donors (Lipinski definition) is 1. The van der Waals surface area contributed by atoms with Gasteiger partial charge in [0.15, 0.2) is 0 Å². The van der Waals surface area contributed by atoms with Gasteiger partial charge in [-0.05, 0) is 50.9 Å². The van der Waals surface area contributed by atoms with E-state index in [1.54, 1.807) is 0 Å². The maximum absolute atomic E-state index is 12.6. The Kier molecular flexibility index (Phi) is 5.28. The number of nitrogens with zero attached hydrogens (tertiary/aromatic N) is 1. The molecule has 2 aliphatic heterocycles. The molecule has 0 aromatic heterocycles. The third-order valence-corrected chi connectivity index (χ3v) is 7.21. The normalized spacial score (nSPS) is 32.8. The summed E-state index contributed by atoms with van der Waals surface area (Å²) in [6, 6.07) is -0.396. The van der Waals surface area contributed by atoms with Gasteiger partial charge in [0.05, 0.1) is 11.9 Å². The van der Waals surface area contributed by atoms with Crippen molar-refractivity contribution < 1.29 is 17.9 Å². The van der Waals surface area contributed by atoms with Crippen molar-refractivity contribution in [1.29, 1.82) is 0 Å². The van der Waals surface area contributed by atoms with Crippen LogP contribution in [0.4, 0.5) is 0 Å². The van der Waals surface area contributed by atoms with Crippen LogP contribution in [-0.2, 0) is 19.6 Å². The fourth-order valence-corrected chi connectivity index (χ4v) is 5.51. The number of amides is 1. The van der Waals surface area contributed by atoms with Gasteiger partial charge in [0.1, 0.15) is 6.04 Å². The van der Waals surface area contributed by atoms with Gasteiger partial charge < -0.3 is 10.1 Å². The first-order chi connectivity index (χ1) is 11.0. The van der Waals surface area contributed by atoms with E-state index in [2.05, 4.69) is 5.32 Å². The Morgan fingerprint density at radius 3 is 2.74 bits per heavy atom. The van der Waals surface area contributed by atoms with E-state index in [9.17, 15) is 13.2 Å². The van der Waals surface area contributed by atoms with E-state index in [1.807, 2.05) is 6.92 Å². The van der Waals surface area contributed by atoms with E-state index in [-0.39, 0.29) is 23.8 Å². The second kappa shape index (κ2) is 7.07. The van der Waals surface area contributed by atoms with Crippen molar-refractivity contribution >= 4 is 15.9 Å². The van der Waals surface area contributed by atoms with Crippen LogP contribution in [0.2, 0.25) is 0 Å². The lowest BCUT2D eigenvalue weighted by Gasteiger charge is -2.32. The fraction of sp³-hybridized carbons (Fsp3) is 0.938. The number of ether oxygens (including phenoxy) is 1. The molecule has 1 saturated carbocycles. The Morgan fingerprint density at radius 2 is 2.04 bits per heavy atom. The summed E-state index contributed by atoms with van der Waals surface area (Å²) < 4.78 is 31.8. The van der Waals surface area contributed by atoms with Gasteiger partial charge in [0.25, 0.3) is 0 Å². The van der Waals surface area contributed by atoms with Gasteiger partial charge in [-0.3, -0.25) is 4.79 Å². The molecule has 132 valence electrons. The van der Waals surface area contributed by atoms with Gasteiger partial charge in [-0.25, -0.2) is 8.42 Å². The molecule has 0 radical (unpaired) electrons. The Labute approximate surface area is 139 Å². The van der Waals surface area contributed by atoms with Crippen LogP contribution in [0.25, 0.3) is 0 Å². The quantitative estimate of drug-likeness (QED) is 0.787. The van der Waals surface area contributed by atoms with E-state index in [1.165, 1.54) is 17.1 Å². The number of carbonyl (C=O) groups is 1. The molecule has 1 amide bonds. The molecule has 2 heterocycles. The molecule has 0 bridgehead atoms. The van der Waals surface area contributed by atoms with Gasteiger partial charge in [0, 0.05) is 19.2 Å². The molecule has 3 atom stereocenters. The van der Waals surface area contributed by atoms with Gasteiger partial charge in [-0.1, -0.05) is 6.92 Å². The molecule has 0 aromatic rings. The molecule has 0 spiro atoms. The highest BCUT2D eigenvalue weighted by Crippen LogP contribution is 2.38.